The zero-order valence-electron chi connectivity index (χ0n) is 8.08. The van der Waals surface area contributed by atoms with Gasteiger partial charge in [0.1, 0.15) is 12.5 Å². The van der Waals surface area contributed by atoms with Gasteiger partial charge in [-0.2, -0.15) is 0 Å². The molecule has 82 valence electrons. The number of benzene rings is 1. The molecule has 0 aliphatic rings. The smallest absolute Gasteiger partial charge is 0.299 e. The molecule has 15 heavy (non-hydrogen) atoms. The van der Waals surface area contributed by atoms with Crippen molar-refractivity contribution in [3.8, 4) is 5.75 Å². The van der Waals surface area contributed by atoms with Gasteiger partial charge in [0.25, 0.3) is 5.09 Å². The highest BCUT2D eigenvalue weighted by molar-refractivity contribution is 5.69. The van der Waals surface area contributed by atoms with Gasteiger partial charge >= 0.3 is 0 Å². The second kappa shape index (κ2) is 4.47. The quantitative estimate of drug-likeness (QED) is 0.321. The van der Waals surface area contributed by atoms with E-state index in [1.54, 1.807) is 7.05 Å². The standard InChI is InChI=1S/C8H11N3O4/c1-10(5-12)8-4-6(15-11(13)14)2-3-7(8)9/h2-4,12H,5,9H2,1H3. The Hall–Kier alpha value is -2.02. The molecule has 0 atom stereocenters. The molecule has 0 aliphatic carbocycles. The van der Waals surface area contributed by atoms with E-state index >= 15 is 0 Å². The predicted molar refractivity (Wildman–Crippen MR) is 54.0 cm³/mol. The number of aliphatic hydroxyl groups excluding tert-OH is 1. The van der Waals surface area contributed by atoms with Gasteiger partial charge in [-0.25, -0.2) is 0 Å². The zero-order valence-corrected chi connectivity index (χ0v) is 8.08. The molecule has 0 spiro atoms. The van der Waals surface area contributed by atoms with E-state index in [0.29, 0.717) is 11.4 Å². The summed E-state index contributed by atoms with van der Waals surface area (Å²) in [5.41, 5.74) is 6.49. The predicted octanol–water partition coefficient (Wildman–Crippen LogP) is 0.225. The minimum absolute atomic E-state index is 0.0597. The van der Waals surface area contributed by atoms with Crippen LogP contribution in [0.25, 0.3) is 0 Å². The van der Waals surface area contributed by atoms with Crippen molar-refractivity contribution in [3.63, 3.8) is 0 Å². The Bertz CT molecular complexity index is 369. The molecule has 7 heteroatoms. The van der Waals surface area contributed by atoms with Crippen LogP contribution in [-0.4, -0.2) is 24.0 Å². The number of rotatable bonds is 4. The Labute approximate surface area is 85.8 Å². The van der Waals surface area contributed by atoms with Crippen molar-refractivity contribution >= 4 is 11.4 Å². The molecule has 0 bridgehead atoms. The molecule has 1 aromatic rings. The Kier molecular flexibility index (Phi) is 3.29. The van der Waals surface area contributed by atoms with E-state index in [-0.39, 0.29) is 12.5 Å². The van der Waals surface area contributed by atoms with Crippen molar-refractivity contribution in [3.05, 3.63) is 28.3 Å². The molecule has 3 N–H and O–H groups in total. The normalized spacial score (nSPS) is 9.73. The second-order valence-electron chi connectivity index (χ2n) is 2.87. The molecule has 0 aromatic heterocycles. The third-order valence-electron chi connectivity index (χ3n) is 1.81. The Balaban J connectivity index is 2.99. The lowest BCUT2D eigenvalue weighted by molar-refractivity contribution is -0.711. The molecule has 0 saturated heterocycles. The Morgan fingerprint density at radius 2 is 2.33 bits per heavy atom. The van der Waals surface area contributed by atoms with E-state index in [2.05, 4.69) is 4.84 Å². The summed E-state index contributed by atoms with van der Waals surface area (Å²) in [6.07, 6.45) is 0. The maximum absolute atomic E-state index is 10.1. The highest BCUT2D eigenvalue weighted by atomic mass is 17.0. The first-order chi connectivity index (χ1) is 7.04. The van der Waals surface area contributed by atoms with Crippen LogP contribution >= 0.6 is 0 Å². The summed E-state index contributed by atoms with van der Waals surface area (Å²) < 4.78 is 0. The number of aliphatic hydroxyl groups is 1. The molecule has 0 aliphatic heterocycles. The molecule has 0 saturated carbocycles. The van der Waals surface area contributed by atoms with Gasteiger partial charge in [-0.3, -0.25) is 4.84 Å². The molecule has 7 nitrogen and oxygen atoms in total. The number of nitrogens with zero attached hydrogens (tertiary/aromatic N) is 2. The molecular weight excluding hydrogens is 202 g/mol. The third kappa shape index (κ3) is 2.71. The summed E-state index contributed by atoms with van der Waals surface area (Å²) in [7, 11) is 1.60. The van der Waals surface area contributed by atoms with Crippen molar-refractivity contribution in [1.82, 2.24) is 0 Å². The summed E-state index contributed by atoms with van der Waals surface area (Å²) in [5, 5.41) is 18.1. The van der Waals surface area contributed by atoms with Gasteiger partial charge < -0.3 is 15.7 Å². The van der Waals surface area contributed by atoms with Gasteiger partial charge in [0.05, 0.1) is 11.4 Å². The summed E-state index contributed by atoms with van der Waals surface area (Å²) in [6.45, 7) is -0.244. The maximum Gasteiger partial charge on any atom is 0.299 e. The van der Waals surface area contributed by atoms with Gasteiger partial charge in [-0.05, 0) is 18.2 Å². The monoisotopic (exact) mass is 213 g/mol. The van der Waals surface area contributed by atoms with Gasteiger partial charge in [-0.1, -0.05) is 0 Å². The molecule has 0 amide bonds. The van der Waals surface area contributed by atoms with E-state index < -0.39 is 5.09 Å². The molecule has 0 radical (unpaired) electrons. The largest absolute Gasteiger partial charge is 0.397 e. The van der Waals surface area contributed by atoms with Gasteiger partial charge in [0.15, 0.2) is 0 Å². The first kappa shape index (κ1) is 11.1. The first-order valence-corrected chi connectivity index (χ1v) is 4.08. The van der Waals surface area contributed by atoms with E-state index in [0.717, 1.165) is 0 Å². The van der Waals surface area contributed by atoms with Crippen LogP contribution < -0.4 is 15.5 Å². The lowest BCUT2D eigenvalue weighted by Gasteiger charge is -2.18. The van der Waals surface area contributed by atoms with E-state index in [1.807, 2.05) is 0 Å². The number of hydrogen-bond acceptors (Lipinski definition) is 6. The van der Waals surface area contributed by atoms with Gasteiger partial charge in [0, 0.05) is 7.05 Å². The first-order valence-electron chi connectivity index (χ1n) is 4.08. The average molecular weight is 213 g/mol. The van der Waals surface area contributed by atoms with Crippen LogP contribution in [0.3, 0.4) is 0 Å². The number of nitrogens with two attached hydrogens (primary N) is 1. The highest BCUT2D eigenvalue weighted by Crippen LogP contribution is 2.27. The fourth-order valence-corrected chi connectivity index (χ4v) is 1.07. The van der Waals surface area contributed by atoms with E-state index in [4.69, 9.17) is 10.8 Å². The second-order valence-corrected chi connectivity index (χ2v) is 2.87. The summed E-state index contributed by atoms with van der Waals surface area (Å²) in [5.74, 6) is 0.0597. The van der Waals surface area contributed by atoms with Gasteiger partial charge in [-0.15, -0.1) is 10.1 Å². The molecule has 0 fully saturated rings. The average Bonchev–Trinajstić information content (AvgIpc) is 2.19. The number of hydrogen-bond donors (Lipinski definition) is 2. The van der Waals surface area contributed by atoms with Crippen LogP contribution in [0.4, 0.5) is 11.4 Å². The Morgan fingerprint density at radius 3 is 2.87 bits per heavy atom. The molecular formula is C8H11N3O4. The Morgan fingerprint density at radius 1 is 1.67 bits per heavy atom. The fourth-order valence-electron chi connectivity index (χ4n) is 1.07. The molecule has 0 heterocycles. The molecule has 1 aromatic carbocycles. The minimum Gasteiger partial charge on any atom is -0.397 e. The minimum atomic E-state index is -0.908. The van der Waals surface area contributed by atoms with Crippen molar-refractivity contribution in [2.24, 2.45) is 0 Å². The lowest BCUT2D eigenvalue weighted by Crippen LogP contribution is -2.19. The van der Waals surface area contributed by atoms with Crippen LogP contribution in [-0.2, 0) is 0 Å². The van der Waals surface area contributed by atoms with E-state index in [9.17, 15) is 10.1 Å². The van der Waals surface area contributed by atoms with Crippen molar-refractivity contribution < 1.29 is 15.0 Å². The fraction of sp³-hybridized carbons (Fsp3) is 0.250. The van der Waals surface area contributed by atoms with Crippen LogP contribution in [0.5, 0.6) is 5.75 Å². The van der Waals surface area contributed by atoms with Crippen LogP contribution in [0, 0.1) is 10.1 Å². The van der Waals surface area contributed by atoms with E-state index in [1.165, 1.54) is 23.1 Å². The van der Waals surface area contributed by atoms with Crippen molar-refractivity contribution in [1.29, 1.82) is 0 Å². The van der Waals surface area contributed by atoms with Gasteiger partial charge in [0.2, 0.25) is 0 Å². The third-order valence-corrected chi connectivity index (χ3v) is 1.81. The topological polar surface area (TPSA) is 102 Å². The summed E-state index contributed by atoms with van der Waals surface area (Å²) >= 11 is 0. The number of anilines is 2. The molecule has 0 unspecified atom stereocenters. The summed E-state index contributed by atoms with van der Waals surface area (Å²) in [4.78, 5) is 15.8. The lowest BCUT2D eigenvalue weighted by atomic mass is 10.2. The van der Waals surface area contributed by atoms with Crippen LogP contribution in [0.2, 0.25) is 0 Å². The zero-order chi connectivity index (χ0) is 11.4. The summed E-state index contributed by atoms with van der Waals surface area (Å²) in [6, 6.07) is 4.24. The SMILES string of the molecule is CN(CO)c1cc(O[N+](=O)[O-])ccc1N. The maximum atomic E-state index is 10.1. The molecule has 1 rings (SSSR count). The number of nitrogen functional groups attached to an aromatic ring is 1. The van der Waals surface area contributed by atoms with Crippen LogP contribution in [0.1, 0.15) is 0 Å². The highest BCUT2D eigenvalue weighted by Gasteiger charge is 2.07. The van der Waals surface area contributed by atoms with Crippen molar-refractivity contribution in [2.45, 2.75) is 0 Å². The van der Waals surface area contributed by atoms with Crippen LogP contribution in [0.15, 0.2) is 18.2 Å². The van der Waals surface area contributed by atoms with Crippen molar-refractivity contribution in [2.75, 3.05) is 24.4 Å².